The third-order valence-electron chi connectivity index (χ3n) is 14.8. The Morgan fingerprint density at radius 3 is 2.39 bits per heavy atom. The molecule has 404 valence electrons. The van der Waals surface area contributed by atoms with Gasteiger partial charge in [-0.15, -0.1) is 5.10 Å². The minimum atomic E-state index is -1.71. The Morgan fingerprint density at radius 2 is 1.66 bits per heavy atom. The molecule has 4 aromatic rings. The molecule has 23 nitrogen and oxygen atoms in total. The van der Waals surface area contributed by atoms with Gasteiger partial charge in [0.25, 0.3) is 5.69 Å². The van der Waals surface area contributed by atoms with Crippen LogP contribution >= 0.6 is 0 Å². The molecule has 2 saturated heterocycles. The van der Waals surface area contributed by atoms with Crippen LogP contribution in [0.1, 0.15) is 87.7 Å². The van der Waals surface area contributed by atoms with Crippen molar-refractivity contribution in [1.29, 1.82) is 0 Å². The predicted octanol–water partition coefficient (Wildman–Crippen LogP) is 2.65. The largest absolute Gasteiger partial charge is 0.479 e. The van der Waals surface area contributed by atoms with Crippen LogP contribution < -0.4 is 5.32 Å². The number of benzene rings is 2. The van der Waals surface area contributed by atoms with E-state index in [9.17, 15) is 55.1 Å². The second-order valence-electron chi connectivity index (χ2n) is 20.1. The molecule has 2 aromatic heterocycles. The highest BCUT2D eigenvalue weighted by molar-refractivity contribution is 5.89. The van der Waals surface area contributed by atoms with Gasteiger partial charge in [-0.2, -0.15) is 0 Å². The van der Waals surface area contributed by atoms with E-state index in [0.717, 1.165) is 43.0 Å². The molecule has 2 aliphatic carbocycles. The lowest BCUT2D eigenvalue weighted by atomic mass is 9.77. The number of ether oxygens (including phenoxy) is 6. The van der Waals surface area contributed by atoms with E-state index in [1.54, 1.807) is 35.9 Å². The van der Waals surface area contributed by atoms with Crippen molar-refractivity contribution in [1.82, 2.24) is 24.9 Å². The number of aliphatic carboxylic acids is 1. The van der Waals surface area contributed by atoms with Gasteiger partial charge in [0.2, 0.25) is 5.91 Å². The number of carboxylic acids is 1. The fourth-order valence-corrected chi connectivity index (χ4v) is 10.7. The van der Waals surface area contributed by atoms with Crippen molar-refractivity contribution in [3.63, 3.8) is 0 Å². The van der Waals surface area contributed by atoms with E-state index in [1.165, 1.54) is 31.2 Å². The Bertz CT molecular complexity index is 2510. The first-order chi connectivity index (χ1) is 35.6. The summed E-state index contributed by atoms with van der Waals surface area (Å²) in [6, 6.07) is 14.5. The topological polar surface area (TPSA) is 319 Å². The van der Waals surface area contributed by atoms with Gasteiger partial charge < -0.3 is 68.9 Å². The van der Waals surface area contributed by atoms with Crippen LogP contribution in [-0.2, 0) is 57.5 Å². The van der Waals surface area contributed by atoms with Gasteiger partial charge in [0.15, 0.2) is 24.8 Å². The average molecular weight is 1040 g/mol. The summed E-state index contributed by atoms with van der Waals surface area (Å²) in [5, 5.41) is 88.5. The van der Waals surface area contributed by atoms with E-state index in [4.69, 9.17) is 28.4 Å². The third-order valence-corrected chi connectivity index (χ3v) is 14.8. The van der Waals surface area contributed by atoms with E-state index in [2.05, 4.69) is 15.6 Å². The number of fused-ring (bicyclic) bond motifs is 1. The standard InChI is InChI=1S/C51H68N6O17/c1-28-22-33(47(63)52-18-9-14-34-26-56(54-53-34)21-20-55-19-17-32-24-35(57(67)68)15-16-36(32)55)25-37(44(28)74-50-43(62)42(61)40(59)29(2)69-50)71-51-46(73-49(66)31-12-7-4-8-13-31)45(41(60)39(27-58)72-51)70-38(48(64)65)23-30-10-5-3-6-11-30/h4,7-8,12-13,15-17,19,24,26,28-30,33,37-46,50-51,58-62H,3,5-6,9-11,14,18,20-23,25,27H2,1-2H3,(H,52,63)(H,64,65)/t28-,29?,33?,37-,38+,39?,40-,41+,42?,43?,44?,45?,46?,50+,51-/m1/s1. The molecule has 0 spiro atoms. The van der Waals surface area contributed by atoms with Crippen LogP contribution in [0.3, 0.4) is 0 Å². The number of hydrogen-bond donors (Lipinski definition) is 7. The fourth-order valence-electron chi connectivity index (χ4n) is 10.7. The number of aliphatic hydroxyl groups excluding tert-OH is 5. The molecule has 74 heavy (non-hydrogen) atoms. The Kier molecular flexibility index (Phi) is 18.4. The molecule has 8 rings (SSSR count). The zero-order valence-corrected chi connectivity index (χ0v) is 41.4. The highest BCUT2D eigenvalue weighted by Crippen LogP contribution is 2.39. The molecule has 4 heterocycles. The highest BCUT2D eigenvalue weighted by Gasteiger charge is 2.54. The van der Waals surface area contributed by atoms with Crippen molar-refractivity contribution in [2.24, 2.45) is 17.8 Å². The lowest BCUT2D eigenvalue weighted by Crippen LogP contribution is -2.64. The third kappa shape index (κ3) is 13.1. The number of amides is 1. The van der Waals surface area contributed by atoms with Gasteiger partial charge in [-0.25, -0.2) is 9.59 Å². The number of aliphatic hydroxyl groups is 5. The number of hydrogen-bond acceptors (Lipinski definition) is 18. The lowest BCUT2D eigenvalue weighted by Gasteiger charge is -2.48. The molecule has 4 aliphatic rings. The predicted molar refractivity (Wildman–Crippen MR) is 259 cm³/mol. The number of aromatic nitrogens is 4. The number of aryl methyl sites for hydroxylation is 3. The van der Waals surface area contributed by atoms with Gasteiger partial charge in [-0.1, -0.05) is 62.4 Å². The van der Waals surface area contributed by atoms with E-state index in [-0.39, 0.29) is 48.9 Å². The molecule has 0 radical (unpaired) electrons. The number of non-ortho nitro benzene ring substituents is 1. The number of esters is 1. The molecule has 2 aliphatic heterocycles. The van der Waals surface area contributed by atoms with Crippen LogP contribution in [0.15, 0.2) is 67.0 Å². The normalized spacial score (nSPS) is 31.2. The Morgan fingerprint density at radius 1 is 0.892 bits per heavy atom. The number of carbonyl (C=O) groups is 3. The molecule has 7 N–H and O–H groups in total. The maximum absolute atomic E-state index is 14.1. The van der Waals surface area contributed by atoms with E-state index in [0.29, 0.717) is 31.6 Å². The fraction of sp³-hybridized carbons (Fsp3) is 0.627. The summed E-state index contributed by atoms with van der Waals surface area (Å²) < 4.78 is 41.1. The smallest absolute Gasteiger partial charge is 0.338 e. The minimum Gasteiger partial charge on any atom is -0.479 e. The van der Waals surface area contributed by atoms with Gasteiger partial charge in [-0.3, -0.25) is 19.6 Å². The Labute approximate surface area is 426 Å². The van der Waals surface area contributed by atoms with Crippen LogP contribution in [0, 0.1) is 27.9 Å². The van der Waals surface area contributed by atoms with Crippen molar-refractivity contribution in [3.8, 4) is 0 Å². The summed E-state index contributed by atoms with van der Waals surface area (Å²) in [6.45, 7) is 3.83. The molecule has 4 fully saturated rings. The average Bonchev–Trinajstić information content (AvgIpc) is 4.04. The molecule has 8 unspecified atom stereocenters. The zero-order valence-electron chi connectivity index (χ0n) is 41.4. The number of nitro benzene ring substituents is 1. The van der Waals surface area contributed by atoms with Crippen molar-refractivity contribution < 1.29 is 78.4 Å². The number of nitro groups is 1. The molecule has 0 bridgehead atoms. The zero-order chi connectivity index (χ0) is 52.6. The van der Waals surface area contributed by atoms with Gasteiger partial charge in [0.05, 0.1) is 47.6 Å². The summed E-state index contributed by atoms with van der Waals surface area (Å²) >= 11 is 0. The maximum atomic E-state index is 14.1. The molecule has 1 amide bonds. The quantitative estimate of drug-likeness (QED) is 0.0273. The molecule has 23 heteroatoms. The maximum Gasteiger partial charge on any atom is 0.338 e. The van der Waals surface area contributed by atoms with Gasteiger partial charge in [-0.05, 0) is 75.1 Å². The molecule has 15 atom stereocenters. The number of nitrogens with zero attached hydrogens (tertiary/aromatic N) is 5. The van der Waals surface area contributed by atoms with E-state index >= 15 is 0 Å². The summed E-state index contributed by atoms with van der Waals surface area (Å²) in [6.07, 6.45) is -9.30. The first-order valence-electron chi connectivity index (χ1n) is 25.6. The summed E-state index contributed by atoms with van der Waals surface area (Å²) in [4.78, 5) is 51.5. The highest BCUT2D eigenvalue weighted by atomic mass is 16.7. The van der Waals surface area contributed by atoms with Crippen LogP contribution in [0.5, 0.6) is 0 Å². The summed E-state index contributed by atoms with van der Waals surface area (Å²) in [5.74, 6) is -3.68. The molecular weight excluding hydrogens is 969 g/mol. The van der Waals surface area contributed by atoms with Crippen molar-refractivity contribution >= 4 is 34.4 Å². The number of carboxylic acid groups (broad SMARTS) is 1. The molecule has 2 aromatic carbocycles. The van der Waals surface area contributed by atoms with E-state index < -0.39 is 115 Å². The van der Waals surface area contributed by atoms with Crippen molar-refractivity contribution in [2.75, 3.05) is 13.2 Å². The number of carbonyl (C=O) groups excluding carboxylic acids is 2. The summed E-state index contributed by atoms with van der Waals surface area (Å²) in [7, 11) is 0. The van der Waals surface area contributed by atoms with Crippen LogP contribution in [0.4, 0.5) is 5.69 Å². The number of rotatable bonds is 21. The van der Waals surface area contributed by atoms with Crippen molar-refractivity contribution in [2.45, 2.75) is 171 Å². The molecule has 2 saturated carbocycles. The number of nitrogens with one attached hydrogen (secondary N) is 1. The SMILES string of the molecule is CC1O[C@@H](OC2[C@H](C)CC(C(=O)NCCCc3cn(CCn4ccc5cc([N+](=O)[O-])ccc54)nn3)C[C@H]2O[C@@H]2OC(CO)[C@H](O)C(O[C@@H](CC3CCCCC3)C(=O)O)C2OC(=O)c2ccccc2)C(O)C(O)[C@@H]1O. The minimum absolute atomic E-state index is 0.0192. The first kappa shape index (κ1) is 54.8. The monoisotopic (exact) mass is 1040 g/mol. The Hall–Kier alpha value is -5.47. The lowest BCUT2D eigenvalue weighted by molar-refractivity contribution is -0.384. The van der Waals surface area contributed by atoms with Crippen LogP contribution in [-0.4, -0.2) is 166 Å². The van der Waals surface area contributed by atoms with Gasteiger partial charge in [0, 0.05) is 54.4 Å². The second-order valence-corrected chi connectivity index (χ2v) is 20.1. The second kappa shape index (κ2) is 24.9. The van der Waals surface area contributed by atoms with Crippen LogP contribution in [0.2, 0.25) is 0 Å². The summed E-state index contributed by atoms with van der Waals surface area (Å²) in [5.41, 5.74) is 1.70. The van der Waals surface area contributed by atoms with Gasteiger partial charge >= 0.3 is 11.9 Å². The van der Waals surface area contributed by atoms with E-state index in [1.807, 2.05) is 23.0 Å². The van der Waals surface area contributed by atoms with Crippen LogP contribution in [0.25, 0.3) is 10.9 Å². The first-order valence-corrected chi connectivity index (χ1v) is 25.6. The molecular formula is C51H68N6O17. The van der Waals surface area contributed by atoms with Crippen molar-refractivity contribution in [3.05, 3.63) is 88.4 Å². The Balaban J connectivity index is 0.976. The van der Waals surface area contributed by atoms with Gasteiger partial charge in [0.1, 0.15) is 36.6 Å².